The standard InChI is InChI=1S/C28H40N2O3S/c1-4-7-8-9-10-11-12-13-20-33-24-17-14-22(15-18-24)28(32)30-25-21-23(27(31)29-5-2)16-19-26(25)34-6-3/h14-19,21H,4-13,20H2,1-3H3,(H,29,31)(H,30,32). The fraction of sp³-hybridized carbons (Fsp3) is 0.500. The van der Waals surface area contributed by atoms with Crippen LogP contribution in [0.2, 0.25) is 0 Å². The number of benzene rings is 2. The molecule has 2 amide bonds. The van der Waals surface area contributed by atoms with E-state index in [1.165, 1.54) is 44.9 Å². The molecule has 0 bridgehead atoms. The van der Waals surface area contributed by atoms with Gasteiger partial charge in [0.1, 0.15) is 5.75 Å². The van der Waals surface area contributed by atoms with E-state index in [4.69, 9.17) is 4.74 Å². The van der Waals surface area contributed by atoms with E-state index in [0.29, 0.717) is 30.0 Å². The van der Waals surface area contributed by atoms with E-state index in [-0.39, 0.29) is 11.8 Å². The van der Waals surface area contributed by atoms with E-state index in [0.717, 1.165) is 22.8 Å². The number of amides is 2. The van der Waals surface area contributed by atoms with E-state index in [9.17, 15) is 9.59 Å². The van der Waals surface area contributed by atoms with Crippen molar-refractivity contribution < 1.29 is 14.3 Å². The van der Waals surface area contributed by atoms with Crippen LogP contribution in [0.3, 0.4) is 0 Å². The summed E-state index contributed by atoms with van der Waals surface area (Å²) in [6.45, 7) is 7.43. The molecule has 2 N–H and O–H groups in total. The predicted molar refractivity (Wildman–Crippen MR) is 143 cm³/mol. The van der Waals surface area contributed by atoms with Gasteiger partial charge in [0.2, 0.25) is 0 Å². The first kappa shape index (κ1) is 27.8. The highest BCUT2D eigenvalue weighted by Crippen LogP contribution is 2.29. The molecule has 2 aromatic carbocycles. The van der Waals surface area contributed by atoms with Crippen molar-refractivity contribution in [3.05, 3.63) is 53.6 Å². The second-order valence-electron chi connectivity index (χ2n) is 8.31. The number of rotatable bonds is 16. The Bertz CT molecular complexity index is 884. The van der Waals surface area contributed by atoms with Crippen LogP contribution in [0.1, 0.15) is 92.9 Å². The van der Waals surface area contributed by atoms with Gasteiger partial charge in [0.25, 0.3) is 11.8 Å². The number of thioether (sulfide) groups is 1. The number of carbonyl (C=O) groups excluding carboxylic acids is 2. The van der Waals surface area contributed by atoms with Gasteiger partial charge in [-0.05, 0) is 61.6 Å². The van der Waals surface area contributed by atoms with Crippen LogP contribution in [0.15, 0.2) is 47.4 Å². The Morgan fingerprint density at radius 2 is 1.44 bits per heavy atom. The summed E-state index contributed by atoms with van der Waals surface area (Å²) >= 11 is 1.63. The molecule has 2 aromatic rings. The van der Waals surface area contributed by atoms with Crippen molar-refractivity contribution in [3.8, 4) is 5.75 Å². The Hall–Kier alpha value is -2.47. The lowest BCUT2D eigenvalue weighted by Crippen LogP contribution is -2.23. The third kappa shape index (κ3) is 9.80. The third-order valence-electron chi connectivity index (χ3n) is 5.51. The maximum atomic E-state index is 12.9. The number of nitrogens with one attached hydrogen (secondary N) is 2. The first-order valence-corrected chi connectivity index (χ1v) is 13.7. The van der Waals surface area contributed by atoms with E-state index in [1.54, 1.807) is 36.0 Å². The van der Waals surface area contributed by atoms with Crippen molar-refractivity contribution in [2.24, 2.45) is 0 Å². The Morgan fingerprint density at radius 1 is 0.794 bits per heavy atom. The summed E-state index contributed by atoms with van der Waals surface area (Å²) < 4.78 is 5.84. The number of anilines is 1. The summed E-state index contributed by atoms with van der Waals surface area (Å²) in [5.74, 6) is 1.29. The topological polar surface area (TPSA) is 67.4 Å². The van der Waals surface area contributed by atoms with Crippen molar-refractivity contribution in [1.29, 1.82) is 0 Å². The zero-order valence-corrected chi connectivity index (χ0v) is 21.8. The lowest BCUT2D eigenvalue weighted by molar-refractivity contribution is 0.0954. The van der Waals surface area contributed by atoms with Crippen molar-refractivity contribution in [1.82, 2.24) is 5.32 Å². The normalized spacial score (nSPS) is 10.7. The van der Waals surface area contributed by atoms with Crippen LogP contribution in [0.5, 0.6) is 5.75 Å². The third-order valence-corrected chi connectivity index (χ3v) is 6.47. The number of carbonyl (C=O) groups is 2. The minimum Gasteiger partial charge on any atom is -0.494 e. The van der Waals surface area contributed by atoms with Gasteiger partial charge in [-0.1, -0.05) is 58.8 Å². The smallest absolute Gasteiger partial charge is 0.255 e. The van der Waals surface area contributed by atoms with Gasteiger partial charge >= 0.3 is 0 Å². The van der Waals surface area contributed by atoms with Gasteiger partial charge in [0.05, 0.1) is 12.3 Å². The molecule has 0 unspecified atom stereocenters. The van der Waals surface area contributed by atoms with Crippen LogP contribution in [-0.4, -0.2) is 30.7 Å². The molecule has 0 saturated carbocycles. The van der Waals surface area contributed by atoms with Gasteiger partial charge in [-0.3, -0.25) is 9.59 Å². The number of hydrogen-bond acceptors (Lipinski definition) is 4. The van der Waals surface area contributed by atoms with E-state index >= 15 is 0 Å². The van der Waals surface area contributed by atoms with Crippen LogP contribution >= 0.6 is 11.8 Å². The molecule has 2 rings (SSSR count). The van der Waals surface area contributed by atoms with E-state index in [2.05, 4.69) is 24.5 Å². The van der Waals surface area contributed by atoms with Crippen LogP contribution in [0, 0.1) is 0 Å². The quantitative estimate of drug-likeness (QED) is 0.193. The van der Waals surface area contributed by atoms with Crippen LogP contribution < -0.4 is 15.4 Å². The second-order valence-corrected chi connectivity index (χ2v) is 9.61. The Labute approximate surface area is 209 Å². The lowest BCUT2D eigenvalue weighted by Gasteiger charge is -2.13. The molecule has 0 saturated heterocycles. The van der Waals surface area contributed by atoms with Crippen molar-refractivity contribution in [2.75, 3.05) is 24.2 Å². The van der Waals surface area contributed by atoms with Crippen LogP contribution in [0.25, 0.3) is 0 Å². The summed E-state index contributed by atoms with van der Waals surface area (Å²) in [7, 11) is 0. The van der Waals surface area contributed by atoms with Gasteiger partial charge in [-0.2, -0.15) is 0 Å². The molecule has 0 aliphatic rings. The first-order valence-electron chi connectivity index (χ1n) is 12.7. The maximum absolute atomic E-state index is 12.9. The van der Waals surface area contributed by atoms with Gasteiger partial charge < -0.3 is 15.4 Å². The Balaban J connectivity index is 1.86. The monoisotopic (exact) mass is 484 g/mol. The molecule has 0 radical (unpaired) electrons. The molecule has 6 heteroatoms. The van der Waals surface area contributed by atoms with Gasteiger partial charge in [-0.25, -0.2) is 0 Å². The average Bonchev–Trinajstić information content (AvgIpc) is 2.84. The van der Waals surface area contributed by atoms with Crippen molar-refractivity contribution in [2.45, 2.75) is 77.0 Å². The summed E-state index contributed by atoms with van der Waals surface area (Å²) in [4.78, 5) is 26.0. The van der Waals surface area contributed by atoms with Crippen LogP contribution in [0.4, 0.5) is 5.69 Å². The largest absolute Gasteiger partial charge is 0.494 e. The number of ether oxygens (including phenoxy) is 1. The summed E-state index contributed by atoms with van der Waals surface area (Å²) in [5, 5.41) is 5.77. The average molecular weight is 485 g/mol. The summed E-state index contributed by atoms with van der Waals surface area (Å²) in [5.41, 5.74) is 1.73. The molecule has 5 nitrogen and oxygen atoms in total. The Kier molecular flexibility index (Phi) is 13.2. The van der Waals surface area contributed by atoms with Gasteiger partial charge in [0, 0.05) is 22.6 Å². The SMILES string of the molecule is CCCCCCCCCCOc1ccc(C(=O)Nc2cc(C(=O)NCC)ccc2SCC)cc1. The molecule has 0 aliphatic carbocycles. The second kappa shape index (κ2) is 16.2. The highest BCUT2D eigenvalue weighted by Gasteiger charge is 2.13. The molecule has 0 heterocycles. The highest BCUT2D eigenvalue weighted by molar-refractivity contribution is 7.99. The molecule has 186 valence electrons. The number of unbranched alkanes of at least 4 members (excludes halogenated alkanes) is 7. The fourth-order valence-corrected chi connectivity index (χ4v) is 4.38. The summed E-state index contributed by atoms with van der Waals surface area (Å²) in [6.07, 6.45) is 10.2. The zero-order chi connectivity index (χ0) is 24.6. The molecule has 0 aliphatic heterocycles. The molecule has 0 atom stereocenters. The minimum absolute atomic E-state index is 0.149. The van der Waals surface area contributed by atoms with Crippen LogP contribution in [-0.2, 0) is 0 Å². The molecule has 0 spiro atoms. The van der Waals surface area contributed by atoms with E-state index < -0.39 is 0 Å². The molecule has 34 heavy (non-hydrogen) atoms. The predicted octanol–water partition coefficient (Wildman–Crippen LogP) is 7.32. The van der Waals surface area contributed by atoms with E-state index in [1.807, 2.05) is 25.1 Å². The zero-order valence-electron chi connectivity index (χ0n) is 21.0. The lowest BCUT2D eigenvalue weighted by atomic mass is 10.1. The molecular weight excluding hydrogens is 444 g/mol. The maximum Gasteiger partial charge on any atom is 0.255 e. The molecular formula is C28H40N2O3S. The van der Waals surface area contributed by atoms with Crippen molar-refractivity contribution >= 4 is 29.3 Å². The van der Waals surface area contributed by atoms with Gasteiger partial charge in [-0.15, -0.1) is 11.8 Å². The minimum atomic E-state index is -0.208. The fourth-order valence-electron chi connectivity index (χ4n) is 3.64. The van der Waals surface area contributed by atoms with Gasteiger partial charge in [0.15, 0.2) is 0 Å². The van der Waals surface area contributed by atoms with Crippen molar-refractivity contribution in [3.63, 3.8) is 0 Å². The number of hydrogen-bond donors (Lipinski definition) is 2. The first-order chi connectivity index (χ1) is 16.6. The summed E-state index contributed by atoms with van der Waals surface area (Å²) in [6, 6.07) is 12.6. The highest BCUT2D eigenvalue weighted by atomic mass is 32.2. The Morgan fingerprint density at radius 3 is 2.09 bits per heavy atom. The molecule has 0 aromatic heterocycles. The molecule has 0 fully saturated rings.